The van der Waals surface area contributed by atoms with Crippen LogP contribution in [0.1, 0.15) is 0 Å². The van der Waals surface area contributed by atoms with Crippen LogP contribution in [-0.4, -0.2) is 126 Å². The Morgan fingerprint density at radius 2 is 0.792 bits per heavy atom. The number of aliphatic hydroxyl groups is 10. The molecule has 0 aliphatic carbocycles. The molecule has 0 heterocycles. The van der Waals surface area contributed by atoms with Gasteiger partial charge in [-0.05, 0) is 0 Å². The van der Waals surface area contributed by atoms with Gasteiger partial charge in [0.2, 0.25) is 0 Å². The van der Waals surface area contributed by atoms with Crippen LogP contribution in [-0.2, 0) is 9.59 Å². The van der Waals surface area contributed by atoms with Gasteiger partial charge >= 0.3 is 0 Å². The van der Waals surface area contributed by atoms with Gasteiger partial charge in [-0.25, -0.2) is 0 Å². The van der Waals surface area contributed by atoms with E-state index in [0.29, 0.717) is 0 Å². The summed E-state index contributed by atoms with van der Waals surface area (Å²) in [7, 11) is 0. The fourth-order valence-electron chi connectivity index (χ4n) is 1.24. The van der Waals surface area contributed by atoms with E-state index in [-0.39, 0.29) is 12.6 Å². The molecule has 0 aliphatic rings. The second kappa shape index (κ2) is 13.3. The predicted octanol–water partition coefficient (Wildman–Crippen LogP) is -6.76. The third kappa shape index (κ3) is 8.70. The third-order valence-electron chi connectivity index (χ3n) is 2.84. The number of carbonyl (C=O) groups excluding carboxylic acids is 2. The van der Waals surface area contributed by atoms with Gasteiger partial charge in [0.25, 0.3) is 0 Å². The summed E-state index contributed by atoms with van der Waals surface area (Å²) in [4.78, 5) is 19.8. The van der Waals surface area contributed by atoms with E-state index < -0.39 is 62.0 Å². The third-order valence-corrected chi connectivity index (χ3v) is 2.84. The molecule has 0 rings (SSSR count). The molecule has 0 saturated carbocycles. The predicted molar refractivity (Wildman–Crippen MR) is 74.4 cm³/mol. The smallest absolute Gasteiger partial charge is 0.151 e. The maximum atomic E-state index is 9.90. The van der Waals surface area contributed by atoms with Crippen LogP contribution in [0.15, 0.2) is 0 Å². The van der Waals surface area contributed by atoms with Crippen molar-refractivity contribution in [2.45, 2.75) is 48.8 Å². The first-order chi connectivity index (χ1) is 11.1. The van der Waals surface area contributed by atoms with Crippen molar-refractivity contribution in [3.63, 3.8) is 0 Å². The standard InChI is InChI=1S/2C6H12O6/c2*7-1-3(9)5(11)6(12)4(10)2-8/h2*1,3-6,8-12H,2H2/t2*3-,4+,5+,6+/m00/s1. The van der Waals surface area contributed by atoms with Gasteiger partial charge in [0.15, 0.2) is 12.6 Å². The lowest BCUT2D eigenvalue weighted by molar-refractivity contribution is -0.136. The number of aliphatic hydroxyl groups excluding tert-OH is 10. The zero-order valence-electron chi connectivity index (χ0n) is 12.5. The van der Waals surface area contributed by atoms with Gasteiger partial charge in [-0.15, -0.1) is 0 Å². The largest absolute Gasteiger partial charge is 0.394 e. The van der Waals surface area contributed by atoms with Crippen LogP contribution in [0.2, 0.25) is 0 Å². The second-order valence-electron chi connectivity index (χ2n) is 4.72. The van der Waals surface area contributed by atoms with Gasteiger partial charge < -0.3 is 60.7 Å². The molecular formula is C12H24O12. The van der Waals surface area contributed by atoms with Gasteiger partial charge in [-0.3, -0.25) is 0 Å². The van der Waals surface area contributed by atoms with Crippen molar-refractivity contribution in [3.8, 4) is 0 Å². The van der Waals surface area contributed by atoms with Crippen molar-refractivity contribution < 1.29 is 60.7 Å². The first-order valence-corrected chi connectivity index (χ1v) is 6.65. The van der Waals surface area contributed by atoms with Crippen LogP contribution in [0, 0.1) is 0 Å². The molecule has 12 heteroatoms. The minimum atomic E-state index is -1.79. The Balaban J connectivity index is 0. The van der Waals surface area contributed by atoms with Crippen LogP contribution in [0.4, 0.5) is 0 Å². The minimum absolute atomic E-state index is 0.0258. The summed E-state index contributed by atoms with van der Waals surface area (Å²) in [5, 5.41) is 87.1. The molecule has 0 radical (unpaired) electrons. The molecule has 24 heavy (non-hydrogen) atoms. The fourth-order valence-corrected chi connectivity index (χ4v) is 1.24. The first-order valence-electron chi connectivity index (χ1n) is 6.65. The van der Waals surface area contributed by atoms with Crippen LogP contribution < -0.4 is 0 Å². The maximum absolute atomic E-state index is 9.90. The molecule has 10 N–H and O–H groups in total. The van der Waals surface area contributed by atoms with Crippen molar-refractivity contribution in [1.82, 2.24) is 0 Å². The zero-order valence-corrected chi connectivity index (χ0v) is 12.5. The fraction of sp³-hybridized carbons (Fsp3) is 0.833. The van der Waals surface area contributed by atoms with Crippen LogP contribution in [0.5, 0.6) is 0 Å². The molecule has 0 saturated heterocycles. The molecular weight excluding hydrogens is 336 g/mol. The van der Waals surface area contributed by atoms with Gasteiger partial charge in [-0.2, -0.15) is 0 Å². The van der Waals surface area contributed by atoms with Crippen molar-refractivity contribution in [1.29, 1.82) is 0 Å². The summed E-state index contributed by atoms with van der Waals surface area (Å²) in [6, 6.07) is 0. The summed E-state index contributed by atoms with van der Waals surface area (Å²) in [6.45, 7) is -1.52. The SMILES string of the molecule is O=C[C@H](O)[C@@H](O)[C@H](O)[C@H](O)CO.O=C[C@H](O)[C@@H](O)[C@H](O)[C@H](O)CO. The van der Waals surface area contributed by atoms with E-state index >= 15 is 0 Å². The van der Waals surface area contributed by atoms with Gasteiger partial charge in [0.05, 0.1) is 13.2 Å². The van der Waals surface area contributed by atoms with Crippen LogP contribution in [0.25, 0.3) is 0 Å². The van der Waals surface area contributed by atoms with Crippen molar-refractivity contribution in [2.24, 2.45) is 0 Å². The first kappa shape index (κ1) is 25.2. The Morgan fingerprint density at radius 1 is 0.542 bits per heavy atom. The summed E-state index contributed by atoms with van der Waals surface area (Å²) < 4.78 is 0. The number of rotatable bonds is 10. The summed E-state index contributed by atoms with van der Waals surface area (Å²) >= 11 is 0. The molecule has 0 amide bonds. The minimum Gasteiger partial charge on any atom is -0.394 e. The van der Waals surface area contributed by atoms with E-state index in [4.69, 9.17) is 51.1 Å². The molecule has 0 unspecified atom stereocenters. The highest BCUT2D eigenvalue weighted by molar-refractivity contribution is 5.57. The van der Waals surface area contributed by atoms with E-state index in [1.807, 2.05) is 0 Å². The van der Waals surface area contributed by atoms with E-state index in [1.54, 1.807) is 0 Å². The molecule has 0 aliphatic heterocycles. The van der Waals surface area contributed by atoms with E-state index in [9.17, 15) is 9.59 Å². The Bertz CT molecular complexity index is 308. The average molecular weight is 360 g/mol. The molecule has 0 aromatic rings. The average Bonchev–Trinajstić information content (AvgIpc) is 2.62. The van der Waals surface area contributed by atoms with Crippen molar-refractivity contribution in [3.05, 3.63) is 0 Å². The molecule has 0 aromatic heterocycles. The summed E-state index contributed by atoms with van der Waals surface area (Å²) in [5.41, 5.74) is 0. The highest BCUT2D eigenvalue weighted by atomic mass is 16.4. The maximum Gasteiger partial charge on any atom is 0.151 e. The van der Waals surface area contributed by atoms with E-state index in [1.165, 1.54) is 0 Å². The normalized spacial score (nSPS) is 21.1. The molecule has 0 aromatic carbocycles. The lowest BCUT2D eigenvalue weighted by atomic mass is 10.0. The Hall–Kier alpha value is -1.06. The van der Waals surface area contributed by atoms with Gasteiger partial charge in [0, 0.05) is 0 Å². The molecule has 12 nitrogen and oxygen atoms in total. The topological polar surface area (TPSA) is 236 Å². The molecule has 0 spiro atoms. The number of carbonyl (C=O) groups is 2. The Kier molecular flexibility index (Phi) is 13.9. The molecule has 0 bridgehead atoms. The lowest BCUT2D eigenvalue weighted by Crippen LogP contribution is -2.46. The quantitative estimate of drug-likeness (QED) is 0.164. The highest BCUT2D eigenvalue weighted by Gasteiger charge is 2.30. The van der Waals surface area contributed by atoms with Gasteiger partial charge in [-0.1, -0.05) is 0 Å². The summed E-state index contributed by atoms with van der Waals surface area (Å²) in [5.74, 6) is 0. The monoisotopic (exact) mass is 360 g/mol. The lowest BCUT2D eigenvalue weighted by Gasteiger charge is -2.22. The van der Waals surface area contributed by atoms with Crippen LogP contribution >= 0.6 is 0 Å². The van der Waals surface area contributed by atoms with Crippen molar-refractivity contribution >= 4 is 12.6 Å². The second-order valence-corrected chi connectivity index (χ2v) is 4.72. The number of aldehydes is 2. The number of hydrogen-bond acceptors (Lipinski definition) is 12. The Morgan fingerprint density at radius 3 is 0.958 bits per heavy atom. The zero-order chi connectivity index (χ0) is 19.4. The summed E-state index contributed by atoms with van der Waals surface area (Å²) in [6.07, 6.45) is -13.7. The van der Waals surface area contributed by atoms with E-state index in [0.717, 1.165) is 0 Å². The van der Waals surface area contributed by atoms with Crippen LogP contribution in [0.3, 0.4) is 0 Å². The number of hydrogen-bond donors (Lipinski definition) is 10. The van der Waals surface area contributed by atoms with Crippen molar-refractivity contribution in [2.75, 3.05) is 13.2 Å². The molecule has 144 valence electrons. The molecule has 0 fully saturated rings. The highest BCUT2D eigenvalue weighted by Crippen LogP contribution is 2.03. The van der Waals surface area contributed by atoms with E-state index in [2.05, 4.69) is 0 Å². The van der Waals surface area contributed by atoms with Gasteiger partial charge in [0.1, 0.15) is 48.8 Å². The Labute approximate surface area is 136 Å². The molecule has 8 atom stereocenters.